The number of rotatable bonds is 4. The van der Waals surface area contributed by atoms with Crippen molar-refractivity contribution in [2.45, 2.75) is 6.92 Å². The molecule has 0 aliphatic rings. The molecule has 1 amide bonds. The molecule has 0 radical (unpaired) electrons. The number of ketones is 1. The van der Waals surface area contributed by atoms with Crippen molar-refractivity contribution in [1.29, 1.82) is 0 Å². The molecule has 0 saturated heterocycles. The summed E-state index contributed by atoms with van der Waals surface area (Å²) >= 11 is 0. The van der Waals surface area contributed by atoms with Crippen LogP contribution in [0.5, 0.6) is 5.88 Å². The van der Waals surface area contributed by atoms with Crippen LogP contribution >= 0.6 is 0 Å². The Morgan fingerprint density at radius 1 is 1.15 bits per heavy atom. The number of carbonyl (C=O) groups is 2. The zero-order valence-electron chi connectivity index (χ0n) is 11.1. The third-order valence-corrected chi connectivity index (χ3v) is 2.61. The maximum absolute atomic E-state index is 12.0. The van der Waals surface area contributed by atoms with Crippen LogP contribution in [-0.2, 0) is 0 Å². The van der Waals surface area contributed by atoms with Gasteiger partial charge in [-0.1, -0.05) is 12.1 Å². The predicted octanol–water partition coefficient (Wildman–Crippen LogP) is 1.94. The SMILES string of the molecule is COc1ccc(C(=O)Nc2cccc(C(C)=O)c2)nn1. The number of aromatic nitrogens is 2. The molecule has 0 unspecified atom stereocenters. The van der Waals surface area contributed by atoms with Crippen molar-refractivity contribution >= 4 is 17.4 Å². The van der Waals surface area contributed by atoms with E-state index in [0.29, 0.717) is 17.1 Å². The van der Waals surface area contributed by atoms with Crippen LogP contribution in [0.15, 0.2) is 36.4 Å². The second kappa shape index (κ2) is 5.92. The fraction of sp³-hybridized carbons (Fsp3) is 0.143. The zero-order chi connectivity index (χ0) is 14.5. The van der Waals surface area contributed by atoms with Gasteiger partial charge in [0.2, 0.25) is 5.88 Å². The minimum Gasteiger partial charge on any atom is -0.480 e. The highest BCUT2D eigenvalue weighted by atomic mass is 16.5. The highest BCUT2D eigenvalue weighted by Crippen LogP contribution is 2.12. The number of hydrogen-bond donors (Lipinski definition) is 1. The van der Waals surface area contributed by atoms with Gasteiger partial charge >= 0.3 is 0 Å². The van der Waals surface area contributed by atoms with Crippen molar-refractivity contribution in [2.24, 2.45) is 0 Å². The van der Waals surface area contributed by atoms with Gasteiger partial charge in [-0.25, -0.2) is 0 Å². The van der Waals surface area contributed by atoms with Crippen LogP contribution < -0.4 is 10.1 Å². The molecular weight excluding hydrogens is 258 g/mol. The number of carbonyl (C=O) groups excluding carboxylic acids is 2. The lowest BCUT2D eigenvalue weighted by atomic mass is 10.1. The van der Waals surface area contributed by atoms with E-state index in [1.165, 1.54) is 20.1 Å². The van der Waals surface area contributed by atoms with Crippen LogP contribution in [0.4, 0.5) is 5.69 Å². The van der Waals surface area contributed by atoms with E-state index < -0.39 is 5.91 Å². The van der Waals surface area contributed by atoms with Crippen LogP contribution in [0.2, 0.25) is 0 Å². The number of hydrogen-bond acceptors (Lipinski definition) is 5. The third-order valence-electron chi connectivity index (χ3n) is 2.61. The highest BCUT2D eigenvalue weighted by Gasteiger charge is 2.09. The Bertz CT molecular complexity index is 638. The summed E-state index contributed by atoms with van der Waals surface area (Å²) < 4.78 is 4.87. The van der Waals surface area contributed by atoms with Gasteiger partial charge in [-0.05, 0) is 25.1 Å². The molecule has 1 heterocycles. The second-order valence-electron chi connectivity index (χ2n) is 4.05. The van der Waals surface area contributed by atoms with Crippen LogP contribution in [0, 0.1) is 0 Å². The summed E-state index contributed by atoms with van der Waals surface area (Å²) in [5, 5.41) is 10.1. The number of methoxy groups -OCH3 is 1. The Kier molecular flexibility index (Phi) is 4.05. The van der Waals surface area contributed by atoms with Gasteiger partial charge in [0.1, 0.15) is 0 Å². The third kappa shape index (κ3) is 3.17. The lowest BCUT2D eigenvalue weighted by molar-refractivity contribution is 0.100. The largest absolute Gasteiger partial charge is 0.480 e. The smallest absolute Gasteiger partial charge is 0.276 e. The molecule has 0 fully saturated rings. The Morgan fingerprint density at radius 2 is 1.95 bits per heavy atom. The summed E-state index contributed by atoms with van der Waals surface area (Å²) in [5.41, 5.74) is 1.22. The molecule has 102 valence electrons. The molecule has 0 spiro atoms. The predicted molar refractivity (Wildman–Crippen MR) is 73.0 cm³/mol. The number of Topliss-reactive ketones (excluding diaryl/α,β-unsaturated/α-hetero) is 1. The molecular formula is C14H13N3O3. The summed E-state index contributed by atoms with van der Waals surface area (Å²) in [6.45, 7) is 1.47. The summed E-state index contributed by atoms with van der Waals surface area (Å²) in [5.74, 6) is -0.133. The highest BCUT2D eigenvalue weighted by molar-refractivity contribution is 6.03. The van der Waals surface area contributed by atoms with E-state index in [1.54, 1.807) is 30.3 Å². The Morgan fingerprint density at radius 3 is 2.55 bits per heavy atom. The van der Waals surface area contributed by atoms with E-state index in [9.17, 15) is 9.59 Å². The number of amides is 1. The lowest BCUT2D eigenvalue weighted by Crippen LogP contribution is -2.14. The standard InChI is InChI=1S/C14H13N3O3/c1-9(18)10-4-3-5-11(8-10)15-14(19)12-6-7-13(20-2)17-16-12/h3-8H,1-2H3,(H,15,19). The average molecular weight is 271 g/mol. The fourth-order valence-corrected chi connectivity index (χ4v) is 1.56. The number of benzene rings is 1. The van der Waals surface area contributed by atoms with Crippen molar-refractivity contribution in [3.8, 4) is 5.88 Å². The van der Waals surface area contributed by atoms with Gasteiger partial charge in [-0.3, -0.25) is 9.59 Å². The quantitative estimate of drug-likeness (QED) is 0.859. The van der Waals surface area contributed by atoms with E-state index in [0.717, 1.165) is 0 Å². The first kappa shape index (κ1) is 13.7. The van der Waals surface area contributed by atoms with E-state index in [4.69, 9.17) is 4.74 Å². The fourth-order valence-electron chi connectivity index (χ4n) is 1.56. The van der Waals surface area contributed by atoms with Crippen LogP contribution in [-0.4, -0.2) is 29.0 Å². The van der Waals surface area contributed by atoms with Gasteiger partial charge in [-0.15, -0.1) is 10.2 Å². The summed E-state index contributed by atoms with van der Waals surface area (Å²) in [4.78, 5) is 23.2. The first-order chi connectivity index (χ1) is 9.60. The molecule has 0 bridgehead atoms. The Balaban J connectivity index is 2.14. The zero-order valence-corrected chi connectivity index (χ0v) is 11.1. The van der Waals surface area contributed by atoms with Gasteiger partial charge in [0.05, 0.1) is 7.11 Å². The van der Waals surface area contributed by atoms with E-state index in [1.807, 2.05) is 0 Å². The Hall–Kier alpha value is -2.76. The monoisotopic (exact) mass is 271 g/mol. The van der Waals surface area contributed by atoms with Gasteiger partial charge < -0.3 is 10.1 Å². The average Bonchev–Trinajstić information content (AvgIpc) is 2.47. The lowest BCUT2D eigenvalue weighted by Gasteiger charge is -2.05. The molecule has 20 heavy (non-hydrogen) atoms. The number of ether oxygens (including phenoxy) is 1. The molecule has 6 nitrogen and oxygen atoms in total. The number of nitrogens with zero attached hydrogens (tertiary/aromatic N) is 2. The Labute approximate surface area is 115 Å². The molecule has 0 aliphatic heterocycles. The molecule has 2 rings (SSSR count). The van der Waals surface area contributed by atoms with Crippen molar-refractivity contribution in [3.05, 3.63) is 47.7 Å². The van der Waals surface area contributed by atoms with E-state index in [-0.39, 0.29) is 11.5 Å². The molecule has 1 aromatic heterocycles. The van der Waals surface area contributed by atoms with Gasteiger partial charge in [0.25, 0.3) is 5.91 Å². The van der Waals surface area contributed by atoms with Gasteiger partial charge in [0, 0.05) is 17.3 Å². The molecule has 0 saturated carbocycles. The van der Waals surface area contributed by atoms with Crippen molar-refractivity contribution in [2.75, 3.05) is 12.4 Å². The molecule has 0 atom stereocenters. The van der Waals surface area contributed by atoms with E-state index in [2.05, 4.69) is 15.5 Å². The van der Waals surface area contributed by atoms with Crippen molar-refractivity contribution in [3.63, 3.8) is 0 Å². The van der Waals surface area contributed by atoms with E-state index >= 15 is 0 Å². The number of nitrogens with one attached hydrogen (secondary N) is 1. The number of anilines is 1. The second-order valence-corrected chi connectivity index (χ2v) is 4.05. The van der Waals surface area contributed by atoms with Crippen molar-refractivity contribution in [1.82, 2.24) is 10.2 Å². The maximum atomic E-state index is 12.0. The molecule has 0 aliphatic carbocycles. The minimum absolute atomic E-state index is 0.0645. The summed E-state index contributed by atoms with van der Waals surface area (Å²) in [6.07, 6.45) is 0. The summed E-state index contributed by atoms with van der Waals surface area (Å²) in [7, 11) is 1.47. The van der Waals surface area contributed by atoms with Gasteiger partial charge in [-0.2, -0.15) is 0 Å². The first-order valence-corrected chi connectivity index (χ1v) is 5.90. The first-order valence-electron chi connectivity index (χ1n) is 5.90. The maximum Gasteiger partial charge on any atom is 0.276 e. The minimum atomic E-state index is -0.402. The topological polar surface area (TPSA) is 81.2 Å². The summed E-state index contributed by atoms with van der Waals surface area (Å²) in [6, 6.07) is 9.75. The normalized spacial score (nSPS) is 9.90. The van der Waals surface area contributed by atoms with Crippen molar-refractivity contribution < 1.29 is 14.3 Å². The molecule has 1 N–H and O–H groups in total. The van der Waals surface area contributed by atoms with Crippen LogP contribution in [0.3, 0.4) is 0 Å². The van der Waals surface area contributed by atoms with Crippen LogP contribution in [0.1, 0.15) is 27.8 Å². The van der Waals surface area contributed by atoms with Gasteiger partial charge in [0.15, 0.2) is 11.5 Å². The molecule has 1 aromatic carbocycles. The molecule has 2 aromatic rings. The van der Waals surface area contributed by atoms with Crippen LogP contribution in [0.25, 0.3) is 0 Å². The molecule has 6 heteroatoms.